The van der Waals surface area contributed by atoms with Gasteiger partial charge in [0, 0.05) is 49.8 Å². The number of carbonyl (C=O) groups excluding carboxylic acids is 2. The molecule has 0 bridgehead atoms. The van der Waals surface area contributed by atoms with Gasteiger partial charge in [-0.05, 0) is 70.6 Å². The summed E-state index contributed by atoms with van der Waals surface area (Å²) in [5.41, 5.74) is -6.28. The van der Waals surface area contributed by atoms with Crippen molar-refractivity contribution in [1.29, 1.82) is 0 Å². The molecule has 314 valence electrons. The lowest BCUT2D eigenvalue weighted by Crippen LogP contribution is -2.67. The second-order valence-electron chi connectivity index (χ2n) is 14.9. The summed E-state index contributed by atoms with van der Waals surface area (Å²) in [6.07, 6.45) is -7.37. The maximum atomic E-state index is 14.9. The highest BCUT2D eigenvalue weighted by atomic mass is 32.1. The van der Waals surface area contributed by atoms with Gasteiger partial charge in [-0.2, -0.15) is 26.3 Å². The number of ether oxygens (including phenoxy) is 2. The Bertz CT molecular complexity index is 1870. The number of likely N-dealkylation sites (tertiary alicyclic amines) is 1. The Morgan fingerprint density at radius 1 is 1.02 bits per heavy atom. The number of hydrogen-bond acceptors (Lipinski definition) is 8. The van der Waals surface area contributed by atoms with Crippen molar-refractivity contribution in [2.75, 3.05) is 26.7 Å². The van der Waals surface area contributed by atoms with Crippen molar-refractivity contribution in [2.24, 2.45) is 5.41 Å². The zero-order valence-electron chi connectivity index (χ0n) is 32.5. The Morgan fingerprint density at radius 2 is 1.70 bits per heavy atom. The molecule has 1 unspecified atom stereocenters. The van der Waals surface area contributed by atoms with Crippen molar-refractivity contribution in [3.63, 3.8) is 0 Å². The van der Waals surface area contributed by atoms with Crippen LogP contribution in [0.1, 0.15) is 106 Å². The lowest BCUT2D eigenvalue weighted by molar-refractivity contribution is -0.158. The summed E-state index contributed by atoms with van der Waals surface area (Å²) in [6.45, 7) is 6.68. The fourth-order valence-corrected chi connectivity index (χ4v) is 7.81. The predicted octanol–water partition coefficient (Wildman–Crippen LogP) is 8.82. The zero-order valence-corrected chi connectivity index (χ0v) is 33.3. The van der Waals surface area contributed by atoms with Crippen LogP contribution in [0.4, 0.5) is 26.3 Å². The average molecular weight is 830 g/mol. The first-order valence-corrected chi connectivity index (χ1v) is 19.6. The van der Waals surface area contributed by atoms with E-state index in [1.54, 1.807) is 52.0 Å². The van der Waals surface area contributed by atoms with Gasteiger partial charge in [0.25, 0.3) is 11.8 Å². The third-order valence-corrected chi connectivity index (χ3v) is 11.4. The molecule has 2 amide bonds. The Kier molecular flexibility index (Phi) is 14.3. The number of carbonyl (C=O) groups is 3. The summed E-state index contributed by atoms with van der Waals surface area (Å²) in [7, 11) is 1.43. The minimum absolute atomic E-state index is 0.0447. The Balaban J connectivity index is 1.68. The fourth-order valence-electron chi connectivity index (χ4n) is 7.13. The molecule has 2 aromatic heterocycles. The maximum Gasteiger partial charge on any atom is 0.425 e. The van der Waals surface area contributed by atoms with Crippen molar-refractivity contribution in [1.82, 2.24) is 14.8 Å². The molecule has 0 radical (unpaired) electrons. The van der Waals surface area contributed by atoms with Crippen LogP contribution in [0.25, 0.3) is 0 Å². The van der Waals surface area contributed by atoms with E-state index in [0.29, 0.717) is 41.9 Å². The van der Waals surface area contributed by atoms with Crippen LogP contribution in [0.5, 0.6) is 11.5 Å². The molecule has 10 nitrogen and oxygen atoms in total. The molecule has 1 fully saturated rings. The smallest absolute Gasteiger partial charge is 0.425 e. The number of para-hydroxylation sites is 1. The molecule has 0 spiro atoms. The van der Waals surface area contributed by atoms with Gasteiger partial charge in [-0.1, -0.05) is 38.5 Å². The minimum Gasteiger partial charge on any atom is -0.493 e. The number of halogens is 6. The largest absolute Gasteiger partial charge is 0.493 e. The number of piperidine rings is 1. The van der Waals surface area contributed by atoms with Gasteiger partial charge in [0.2, 0.25) is 5.60 Å². The topological polar surface area (TPSA) is 130 Å². The number of hydrogen-bond donors (Lipinski definition) is 2. The lowest BCUT2D eigenvalue weighted by Gasteiger charge is -2.49. The summed E-state index contributed by atoms with van der Waals surface area (Å²) in [4.78, 5) is 45.6. The number of carboxylic acid groups (broad SMARTS) is 1. The third-order valence-electron chi connectivity index (χ3n) is 10.5. The van der Waals surface area contributed by atoms with E-state index < -0.39 is 68.9 Å². The molecule has 3 heterocycles. The summed E-state index contributed by atoms with van der Waals surface area (Å²) in [6, 6.07) is 8.07. The molecule has 3 aromatic rings. The zero-order chi connectivity index (χ0) is 42.4. The van der Waals surface area contributed by atoms with Gasteiger partial charge in [0.05, 0.1) is 29.2 Å². The van der Waals surface area contributed by atoms with Crippen LogP contribution in [0.15, 0.2) is 54.0 Å². The van der Waals surface area contributed by atoms with E-state index in [2.05, 4.69) is 4.98 Å². The van der Waals surface area contributed by atoms with Gasteiger partial charge in [-0.25, -0.2) is 0 Å². The molecule has 1 aliphatic rings. The highest BCUT2D eigenvalue weighted by Crippen LogP contribution is 2.43. The number of alkyl halides is 6. The van der Waals surface area contributed by atoms with Gasteiger partial charge in [-0.15, -0.1) is 11.3 Å². The van der Waals surface area contributed by atoms with E-state index in [1.807, 2.05) is 0 Å². The van der Waals surface area contributed by atoms with Crippen LogP contribution in [-0.4, -0.2) is 81.2 Å². The van der Waals surface area contributed by atoms with E-state index in [-0.39, 0.29) is 57.6 Å². The Hall–Kier alpha value is -4.38. The van der Waals surface area contributed by atoms with Gasteiger partial charge in [-0.3, -0.25) is 19.4 Å². The molecule has 0 saturated carbocycles. The van der Waals surface area contributed by atoms with Crippen molar-refractivity contribution in [2.45, 2.75) is 109 Å². The van der Waals surface area contributed by atoms with Crippen molar-refractivity contribution < 1.29 is 60.4 Å². The molecule has 3 atom stereocenters. The van der Waals surface area contributed by atoms with Gasteiger partial charge in [0.15, 0.2) is 0 Å². The normalized spacial score (nSPS) is 18.8. The number of likely N-dealkylation sites (N-methyl/N-ethyl adjacent to an activating group) is 1. The standard InChI is InChI=1S/C40H49F6N3O7S/c1-6-13-30-38(56-26-24-31(57-25-26)40(44,45)46,18-11-21-49(30)33(50)32-28(39(41,42)43)15-10-20-47-32)34(51)48(5)22-19-37(54,7-2)27-14-8-9-16-29(27)55-23-12-17-36(3,4)35(52)53/h8-10,14-16,20,24-25,30,54H,6-7,11-13,17-19,21-23H2,1-5H3,(H,52,53)/t30-,37?,38+/m1/s1. The third kappa shape index (κ3) is 10.4. The van der Waals surface area contributed by atoms with Gasteiger partial charge >= 0.3 is 18.3 Å². The molecule has 17 heteroatoms. The Labute approximate surface area is 331 Å². The number of amides is 2. The highest BCUT2D eigenvalue weighted by molar-refractivity contribution is 7.10. The van der Waals surface area contributed by atoms with E-state index in [9.17, 15) is 50.9 Å². The van der Waals surface area contributed by atoms with Crippen LogP contribution in [0.2, 0.25) is 0 Å². The first kappa shape index (κ1) is 45.3. The van der Waals surface area contributed by atoms with E-state index in [1.165, 1.54) is 11.9 Å². The number of carboxylic acids is 1. The quantitative estimate of drug-likeness (QED) is 0.102. The number of pyridine rings is 1. The molecule has 2 N–H and O–H groups in total. The summed E-state index contributed by atoms with van der Waals surface area (Å²) < 4.78 is 95.6. The van der Waals surface area contributed by atoms with Crippen LogP contribution >= 0.6 is 11.3 Å². The number of benzene rings is 1. The van der Waals surface area contributed by atoms with E-state index in [4.69, 9.17) is 9.47 Å². The predicted molar refractivity (Wildman–Crippen MR) is 200 cm³/mol. The molecule has 0 aliphatic carbocycles. The molecule has 4 rings (SSSR count). The fraction of sp³-hybridized carbons (Fsp3) is 0.550. The number of rotatable bonds is 17. The number of nitrogens with zero attached hydrogens (tertiary/aromatic N) is 3. The van der Waals surface area contributed by atoms with Crippen LogP contribution < -0.4 is 9.47 Å². The molecule has 1 aliphatic heterocycles. The molecular weight excluding hydrogens is 781 g/mol. The first-order chi connectivity index (χ1) is 26.6. The maximum absolute atomic E-state index is 14.9. The molecule has 57 heavy (non-hydrogen) atoms. The molecule has 1 aromatic carbocycles. The highest BCUT2D eigenvalue weighted by Gasteiger charge is 2.56. The van der Waals surface area contributed by atoms with Crippen LogP contribution in [-0.2, 0) is 27.5 Å². The lowest BCUT2D eigenvalue weighted by atomic mass is 9.79. The van der Waals surface area contributed by atoms with Crippen LogP contribution in [0.3, 0.4) is 0 Å². The summed E-state index contributed by atoms with van der Waals surface area (Å²) >= 11 is 0.350. The van der Waals surface area contributed by atoms with Crippen molar-refractivity contribution >= 4 is 29.1 Å². The summed E-state index contributed by atoms with van der Waals surface area (Å²) in [5, 5.41) is 22.6. The minimum atomic E-state index is -4.93. The number of thiophene rings is 1. The monoisotopic (exact) mass is 829 g/mol. The van der Waals surface area contributed by atoms with Crippen LogP contribution in [0, 0.1) is 5.41 Å². The molecular formula is C40H49F6N3O7S. The van der Waals surface area contributed by atoms with Gasteiger partial charge in [0.1, 0.15) is 22.1 Å². The number of aliphatic hydroxyl groups is 1. The number of aliphatic carboxylic acids is 1. The van der Waals surface area contributed by atoms with Crippen molar-refractivity contribution in [3.8, 4) is 11.5 Å². The Morgan fingerprint density at radius 3 is 2.32 bits per heavy atom. The second kappa shape index (κ2) is 18.0. The van der Waals surface area contributed by atoms with E-state index >= 15 is 0 Å². The summed E-state index contributed by atoms with van der Waals surface area (Å²) in [5.74, 6) is -2.71. The average Bonchev–Trinajstić information content (AvgIpc) is 3.64. The second-order valence-corrected chi connectivity index (χ2v) is 15.9. The molecule has 1 saturated heterocycles. The van der Waals surface area contributed by atoms with E-state index in [0.717, 1.165) is 34.7 Å². The SMILES string of the molecule is CCC[C@H]1N(C(=O)c2ncccc2C(F)(F)F)CCC[C@@]1(Oc1csc(C(F)(F)F)c1)C(=O)N(C)CCC(O)(CC)c1ccccc1OCCCC(C)(C)C(=O)O. The first-order valence-electron chi connectivity index (χ1n) is 18.7. The number of aromatic nitrogens is 1. The van der Waals surface area contributed by atoms with Crippen molar-refractivity contribution in [3.05, 3.63) is 75.7 Å². The van der Waals surface area contributed by atoms with Gasteiger partial charge < -0.3 is 29.5 Å².